The quantitative estimate of drug-likeness (QED) is 0.484. The standard InChI is InChI=1S/C20H17ClN4OS/c1-2-26-16-5-3-4-14(11-16)17-12-19(20-22-24-25-23-20)27-18(17)10-13-6-8-15(21)9-7-13/h3-9,11-12H,2,10H2,1H3,(H,22,23,24,25). The number of nitrogens with zero attached hydrogens (tertiary/aromatic N) is 3. The molecule has 27 heavy (non-hydrogen) atoms. The molecule has 2 aromatic carbocycles. The van der Waals surface area contributed by atoms with E-state index in [1.807, 2.05) is 31.2 Å². The fraction of sp³-hybridized carbons (Fsp3) is 0.150. The van der Waals surface area contributed by atoms with Gasteiger partial charge in [0.05, 0.1) is 11.5 Å². The Morgan fingerprint density at radius 3 is 2.70 bits per heavy atom. The Labute approximate surface area is 166 Å². The number of H-pyrrole nitrogens is 1. The Morgan fingerprint density at radius 1 is 1.11 bits per heavy atom. The van der Waals surface area contributed by atoms with E-state index in [2.05, 4.69) is 51.0 Å². The van der Waals surface area contributed by atoms with Gasteiger partial charge in [-0.3, -0.25) is 0 Å². The lowest BCUT2D eigenvalue weighted by molar-refractivity contribution is 0.340. The minimum atomic E-state index is 0.639. The van der Waals surface area contributed by atoms with Crippen LogP contribution in [-0.4, -0.2) is 27.2 Å². The van der Waals surface area contributed by atoms with Crippen LogP contribution in [0, 0.1) is 0 Å². The topological polar surface area (TPSA) is 63.7 Å². The normalized spacial score (nSPS) is 10.9. The van der Waals surface area contributed by atoms with Crippen molar-refractivity contribution in [2.75, 3.05) is 6.61 Å². The number of hydrogen-bond donors (Lipinski definition) is 1. The van der Waals surface area contributed by atoms with Gasteiger partial charge in [-0.05, 0) is 64.4 Å². The summed E-state index contributed by atoms with van der Waals surface area (Å²) < 4.78 is 5.67. The number of rotatable bonds is 6. The Kier molecular flexibility index (Phi) is 5.18. The maximum Gasteiger partial charge on any atom is 0.189 e. The lowest BCUT2D eigenvalue weighted by atomic mass is 10.0. The maximum absolute atomic E-state index is 6.02. The molecule has 0 saturated heterocycles. The third kappa shape index (κ3) is 4.02. The fourth-order valence-corrected chi connectivity index (χ4v) is 4.17. The first-order valence-corrected chi connectivity index (χ1v) is 9.77. The lowest BCUT2D eigenvalue weighted by Gasteiger charge is -2.08. The molecular formula is C20H17ClN4OS. The van der Waals surface area contributed by atoms with Crippen molar-refractivity contribution in [1.29, 1.82) is 0 Å². The number of aromatic amines is 1. The van der Waals surface area contributed by atoms with Crippen molar-refractivity contribution in [3.8, 4) is 27.6 Å². The van der Waals surface area contributed by atoms with E-state index in [-0.39, 0.29) is 0 Å². The molecule has 0 radical (unpaired) electrons. The first kappa shape index (κ1) is 17.7. The van der Waals surface area contributed by atoms with Crippen LogP contribution in [0.25, 0.3) is 21.8 Å². The van der Waals surface area contributed by atoms with Gasteiger partial charge < -0.3 is 4.74 Å². The highest BCUT2D eigenvalue weighted by molar-refractivity contribution is 7.16. The Balaban J connectivity index is 1.76. The summed E-state index contributed by atoms with van der Waals surface area (Å²) in [6.07, 6.45) is 0.803. The average Bonchev–Trinajstić information content (AvgIpc) is 3.34. The van der Waals surface area contributed by atoms with Crippen LogP contribution in [0.1, 0.15) is 17.4 Å². The molecule has 0 amide bonds. The Morgan fingerprint density at radius 2 is 1.96 bits per heavy atom. The zero-order valence-electron chi connectivity index (χ0n) is 14.6. The summed E-state index contributed by atoms with van der Waals surface area (Å²) in [7, 11) is 0. The summed E-state index contributed by atoms with van der Waals surface area (Å²) in [5, 5.41) is 15.0. The minimum absolute atomic E-state index is 0.639. The third-order valence-corrected chi connectivity index (χ3v) is 5.52. The zero-order chi connectivity index (χ0) is 18.6. The second-order valence-electron chi connectivity index (χ2n) is 5.96. The van der Waals surface area contributed by atoms with Gasteiger partial charge in [-0.15, -0.1) is 16.4 Å². The van der Waals surface area contributed by atoms with Crippen molar-refractivity contribution in [3.63, 3.8) is 0 Å². The molecule has 0 saturated carbocycles. The van der Waals surface area contributed by atoms with Crippen molar-refractivity contribution in [1.82, 2.24) is 20.6 Å². The predicted molar refractivity (Wildman–Crippen MR) is 108 cm³/mol. The van der Waals surface area contributed by atoms with Gasteiger partial charge in [-0.25, -0.2) is 5.10 Å². The van der Waals surface area contributed by atoms with Gasteiger partial charge >= 0.3 is 0 Å². The Bertz CT molecular complexity index is 1030. The first-order chi connectivity index (χ1) is 13.2. The van der Waals surface area contributed by atoms with E-state index in [0.717, 1.165) is 33.2 Å². The van der Waals surface area contributed by atoms with Crippen molar-refractivity contribution < 1.29 is 4.74 Å². The molecule has 0 bridgehead atoms. The van der Waals surface area contributed by atoms with E-state index in [9.17, 15) is 0 Å². The van der Waals surface area contributed by atoms with E-state index >= 15 is 0 Å². The van der Waals surface area contributed by atoms with Crippen LogP contribution in [0.3, 0.4) is 0 Å². The number of hydrogen-bond acceptors (Lipinski definition) is 5. The molecule has 0 aliphatic heterocycles. The van der Waals surface area contributed by atoms with Crippen LogP contribution >= 0.6 is 22.9 Å². The van der Waals surface area contributed by atoms with Crippen molar-refractivity contribution in [2.24, 2.45) is 0 Å². The molecule has 0 fully saturated rings. The van der Waals surface area contributed by atoms with Crippen LogP contribution in [0.2, 0.25) is 5.02 Å². The zero-order valence-corrected chi connectivity index (χ0v) is 16.2. The van der Waals surface area contributed by atoms with Crippen molar-refractivity contribution >= 4 is 22.9 Å². The van der Waals surface area contributed by atoms with E-state index in [0.29, 0.717) is 12.4 Å². The summed E-state index contributed by atoms with van der Waals surface area (Å²) in [6.45, 7) is 2.62. The number of ether oxygens (including phenoxy) is 1. The van der Waals surface area contributed by atoms with E-state index < -0.39 is 0 Å². The highest BCUT2D eigenvalue weighted by atomic mass is 35.5. The largest absolute Gasteiger partial charge is 0.494 e. The Hall–Kier alpha value is -2.70. The molecular weight excluding hydrogens is 380 g/mol. The molecule has 2 aromatic heterocycles. The number of halogens is 1. The number of benzene rings is 2. The van der Waals surface area contributed by atoms with Crippen LogP contribution in [0.4, 0.5) is 0 Å². The summed E-state index contributed by atoms with van der Waals surface area (Å²) in [6, 6.07) is 18.2. The van der Waals surface area contributed by atoms with Gasteiger partial charge in [0.25, 0.3) is 0 Å². The molecule has 0 aliphatic carbocycles. The predicted octanol–water partition coefficient (Wildman–Crippen LogP) is 5.24. The molecule has 1 N–H and O–H groups in total. The van der Waals surface area contributed by atoms with Crippen LogP contribution in [-0.2, 0) is 6.42 Å². The first-order valence-electron chi connectivity index (χ1n) is 8.57. The van der Waals surface area contributed by atoms with E-state index in [1.165, 1.54) is 10.4 Å². The van der Waals surface area contributed by atoms with Gasteiger partial charge in [-0.2, -0.15) is 0 Å². The minimum Gasteiger partial charge on any atom is -0.494 e. The van der Waals surface area contributed by atoms with Gasteiger partial charge in [0.1, 0.15) is 5.75 Å². The van der Waals surface area contributed by atoms with Gasteiger partial charge in [0, 0.05) is 16.3 Å². The van der Waals surface area contributed by atoms with Crippen molar-refractivity contribution in [2.45, 2.75) is 13.3 Å². The molecule has 0 spiro atoms. The second kappa shape index (κ2) is 7.90. The summed E-state index contributed by atoms with van der Waals surface area (Å²) >= 11 is 7.71. The molecule has 0 aliphatic rings. The lowest BCUT2D eigenvalue weighted by Crippen LogP contribution is -1.92. The average molecular weight is 397 g/mol. The molecule has 2 heterocycles. The summed E-state index contributed by atoms with van der Waals surface area (Å²) in [5.74, 6) is 1.53. The molecule has 4 rings (SSSR count). The fourth-order valence-electron chi connectivity index (χ4n) is 2.89. The van der Waals surface area contributed by atoms with E-state index in [4.69, 9.17) is 16.3 Å². The second-order valence-corrected chi connectivity index (χ2v) is 7.53. The number of tetrazole rings is 1. The molecule has 136 valence electrons. The maximum atomic E-state index is 6.02. The third-order valence-electron chi connectivity index (χ3n) is 4.12. The molecule has 0 unspecified atom stereocenters. The molecule has 4 aromatic rings. The van der Waals surface area contributed by atoms with Crippen LogP contribution in [0.5, 0.6) is 5.75 Å². The monoisotopic (exact) mass is 396 g/mol. The summed E-state index contributed by atoms with van der Waals surface area (Å²) in [4.78, 5) is 2.23. The number of thiophene rings is 1. The van der Waals surface area contributed by atoms with Crippen LogP contribution in [0.15, 0.2) is 54.6 Å². The molecule has 0 atom stereocenters. The number of aromatic nitrogens is 4. The highest BCUT2D eigenvalue weighted by Crippen LogP contribution is 2.38. The van der Waals surface area contributed by atoms with Gasteiger partial charge in [-0.1, -0.05) is 35.9 Å². The van der Waals surface area contributed by atoms with Gasteiger partial charge in [0.2, 0.25) is 0 Å². The molecule has 5 nitrogen and oxygen atoms in total. The smallest absolute Gasteiger partial charge is 0.189 e. The number of nitrogens with one attached hydrogen (secondary N) is 1. The van der Waals surface area contributed by atoms with E-state index in [1.54, 1.807) is 11.3 Å². The highest BCUT2D eigenvalue weighted by Gasteiger charge is 2.15. The van der Waals surface area contributed by atoms with Gasteiger partial charge in [0.15, 0.2) is 5.82 Å². The molecule has 7 heteroatoms. The van der Waals surface area contributed by atoms with Crippen LogP contribution < -0.4 is 4.74 Å². The SMILES string of the molecule is CCOc1cccc(-c2cc(-c3nnn[nH]3)sc2Cc2ccc(Cl)cc2)c1. The summed E-state index contributed by atoms with van der Waals surface area (Å²) in [5.41, 5.74) is 3.47. The van der Waals surface area contributed by atoms with Crippen molar-refractivity contribution in [3.05, 3.63) is 70.1 Å².